The van der Waals surface area contributed by atoms with Crippen LogP contribution in [0.15, 0.2) is 0 Å². The number of nitrogens with two attached hydrogens (primary N) is 1. The highest BCUT2D eigenvalue weighted by Crippen LogP contribution is 2.01. The van der Waals surface area contributed by atoms with Gasteiger partial charge < -0.3 is 16.2 Å². The predicted molar refractivity (Wildman–Crippen MR) is 64.8 cm³/mol. The topological polar surface area (TPSA) is 75.4 Å². The van der Waals surface area contributed by atoms with Gasteiger partial charge in [0.15, 0.2) is 0 Å². The van der Waals surface area contributed by atoms with Crippen LogP contribution in [0, 0.1) is 5.92 Å². The van der Waals surface area contributed by atoms with Crippen molar-refractivity contribution in [2.24, 2.45) is 11.7 Å². The van der Waals surface area contributed by atoms with Crippen molar-refractivity contribution >= 4 is 17.7 Å². The van der Waals surface area contributed by atoms with E-state index in [0.717, 1.165) is 5.75 Å². The molecule has 4 N–H and O–H groups in total. The molecule has 90 valence electrons. The van der Waals surface area contributed by atoms with Gasteiger partial charge >= 0.3 is 0 Å². The SMILES string of the molecule is CSCC[C@@H](N)C(=O)NCC(O)C(C)C. The van der Waals surface area contributed by atoms with Gasteiger partial charge in [-0.05, 0) is 24.3 Å². The Morgan fingerprint density at radius 2 is 2.13 bits per heavy atom. The van der Waals surface area contributed by atoms with Crippen LogP contribution in [0.3, 0.4) is 0 Å². The summed E-state index contributed by atoms with van der Waals surface area (Å²) in [6, 6.07) is -0.461. The highest BCUT2D eigenvalue weighted by Gasteiger charge is 2.15. The molecule has 0 aromatic carbocycles. The third-order valence-corrected chi connectivity index (χ3v) is 2.87. The van der Waals surface area contributed by atoms with Gasteiger partial charge in [-0.15, -0.1) is 0 Å². The molecule has 0 fully saturated rings. The number of hydrogen-bond donors (Lipinski definition) is 3. The van der Waals surface area contributed by atoms with Gasteiger partial charge in [-0.25, -0.2) is 0 Å². The van der Waals surface area contributed by atoms with E-state index in [2.05, 4.69) is 5.32 Å². The Morgan fingerprint density at radius 3 is 2.60 bits per heavy atom. The number of nitrogens with one attached hydrogen (secondary N) is 1. The number of hydrogen-bond acceptors (Lipinski definition) is 4. The lowest BCUT2D eigenvalue weighted by molar-refractivity contribution is -0.122. The molecule has 4 nitrogen and oxygen atoms in total. The lowest BCUT2D eigenvalue weighted by Gasteiger charge is -2.17. The van der Waals surface area contributed by atoms with Gasteiger partial charge in [-0.2, -0.15) is 11.8 Å². The first-order valence-electron chi connectivity index (χ1n) is 5.19. The van der Waals surface area contributed by atoms with Gasteiger partial charge in [-0.1, -0.05) is 13.8 Å². The summed E-state index contributed by atoms with van der Waals surface area (Å²) in [5.41, 5.74) is 5.66. The largest absolute Gasteiger partial charge is 0.391 e. The first-order valence-corrected chi connectivity index (χ1v) is 6.58. The number of amides is 1. The van der Waals surface area contributed by atoms with E-state index in [-0.39, 0.29) is 18.4 Å². The fourth-order valence-electron chi connectivity index (χ4n) is 0.948. The van der Waals surface area contributed by atoms with E-state index >= 15 is 0 Å². The van der Waals surface area contributed by atoms with Gasteiger partial charge in [-0.3, -0.25) is 4.79 Å². The van der Waals surface area contributed by atoms with E-state index in [0.29, 0.717) is 6.42 Å². The van der Waals surface area contributed by atoms with E-state index in [1.165, 1.54) is 0 Å². The highest BCUT2D eigenvalue weighted by atomic mass is 32.2. The summed E-state index contributed by atoms with van der Waals surface area (Å²) in [5, 5.41) is 12.1. The summed E-state index contributed by atoms with van der Waals surface area (Å²) >= 11 is 1.67. The van der Waals surface area contributed by atoms with Crippen LogP contribution >= 0.6 is 11.8 Å². The summed E-state index contributed by atoms with van der Waals surface area (Å²) in [5.74, 6) is 0.845. The summed E-state index contributed by atoms with van der Waals surface area (Å²) in [6.45, 7) is 4.10. The second-order valence-electron chi connectivity index (χ2n) is 3.94. The van der Waals surface area contributed by atoms with E-state index < -0.39 is 12.1 Å². The smallest absolute Gasteiger partial charge is 0.237 e. The molecule has 0 aliphatic carbocycles. The maximum Gasteiger partial charge on any atom is 0.237 e. The van der Waals surface area contributed by atoms with Crippen LogP contribution in [-0.2, 0) is 4.79 Å². The fraction of sp³-hybridized carbons (Fsp3) is 0.900. The van der Waals surface area contributed by atoms with E-state index in [9.17, 15) is 9.90 Å². The van der Waals surface area contributed by atoms with Crippen molar-refractivity contribution < 1.29 is 9.90 Å². The van der Waals surface area contributed by atoms with Gasteiger partial charge in [0.05, 0.1) is 12.1 Å². The molecule has 0 saturated carbocycles. The Labute approximate surface area is 96.0 Å². The Hall–Kier alpha value is -0.260. The lowest BCUT2D eigenvalue weighted by atomic mass is 10.1. The van der Waals surface area contributed by atoms with Crippen LogP contribution in [0.5, 0.6) is 0 Å². The molecular formula is C10H22N2O2S. The van der Waals surface area contributed by atoms with Crippen LogP contribution in [0.25, 0.3) is 0 Å². The third-order valence-electron chi connectivity index (χ3n) is 2.22. The summed E-state index contributed by atoms with van der Waals surface area (Å²) in [7, 11) is 0. The molecule has 0 aliphatic heterocycles. The standard InChI is InChI=1S/C10H22N2O2S/c1-7(2)9(13)6-12-10(14)8(11)4-5-15-3/h7-9,13H,4-6,11H2,1-3H3,(H,12,14)/t8-,9?/m1/s1. The zero-order valence-corrected chi connectivity index (χ0v) is 10.5. The molecule has 0 aromatic heterocycles. The fourth-order valence-corrected chi connectivity index (χ4v) is 1.44. The van der Waals surface area contributed by atoms with E-state index in [4.69, 9.17) is 5.73 Å². The molecule has 15 heavy (non-hydrogen) atoms. The Kier molecular flexibility index (Phi) is 7.82. The van der Waals surface area contributed by atoms with Crippen molar-refractivity contribution in [1.29, 1.82) is 0 Å². The zero-order valence-electron chi connectivity index (χ0n) is 9.69. The molecule has 0 heterocycles. The van der Waals surface area contributed by atoms with Gasteiger partial charge in [0.2, 0.25) is 5.91 Å². The third kappa shape index (κ3) is 6.76. The van der Waals surface area contributed by atoms with Crippen LogP contribution in [-0.4, -0.2) is 41.7 Å². The molecule has 1 unspecified atom stereocenters. The molecule has 1 amide bonds. The molecular weight excluding hydrogens is 212 g/mol. The molecule has 0 aromatic rings. The number of aliphatic hydroxyl groups is 1. The van der Waals surface area contributed by atoms with Gasteiger partial charge in [0.25, 0.3) is 0 Å². The number of carbonyl (C=O) groups is 1. The van der Waals surface area contributed by atoms with Crippen LogP contribution in [0.1, 0.15) is 20.3 Å². The quantitative estimate of drug-likeness (QED) is 0.588. The minimum Gasteiger partial charge on any atom is -0.391 e. The molecule has 0 radical (unpaired) electrons. The molecule has 5 heteroatoms. The van der Waals surface area contributed by atoms with Crippen molar-refractivity contribution in [3.8, 4) is 0 Å². The Bertz CT molecular complexity index is 188. The lowest BCUT2D eigenvalue weighted by Crippen LogP contribution is -2.44. The molecule has 0 rings (SSSR count). The number of thioether (sulfide) groups is 1. The van der Waals surface area contributed by atoms with Crippen LogP contribution in [0.4, 0.5) is 0 Å². The minimum absolute atomic E-state index is 0.146. The second-order valence-corrected chi connectivity index (χ2v) is 4.93. The van der Waals surface area contributed by atoms with Crippen molar-refractivity contribution in [2.45, 2.75) is 32.4 Å². The van der Waals surface area contributed by atoms with Crippen LogP contribution in [0.2, 0.25) is 0 Å². The molecule has 0 spiro atoms. The average molecular weight is 234 g/mol. The average Bonchev–Trinajstić information content (AvgIpc) is 2.21. The Balaban J connectivity index is 3.73. The van der Waals surface area contributed by atoms with Gasteiger partial charge in [0, 0.05) is 6.54 Å². The summed E-state index contributed by atoms with van der Waals surface area (Å²) in [4.78, 5) is 11.4. The van der Waals surface area contributed by atoms with Crippen molar-refractivity contribution in [1.82, 2.24) is 5.32 Å². The normalized spacial score (nSPS) is 15.1. The molecule has 0 saturated heterocycles. The first-order chi connectivity index (χ1) is 6.99. The maximum atomic E-state index is 11.4. The Morgan fingerprint density at radius 1 is 1.53 bits per heavy atom. The van der Waals surface area contributed by atoms with Crippen molar-refractivity contribution in [2.75, 3.05) is 18.6 Å². The predicted octanol–water partition coefficient (Wildman–Crippen LogP) is 0.200. The van der Waals surface area contributed by atoms with Gasteiger partial charge in [0.1, 0.15) is 0 Å². The maximum absolute atomic E-state index is 11.4. The number of aliphatic hydroxyl groups excluding tert-OH is 1. The minimum atomic E-state index is -0.498. The van der Waals surface area contributed by atoms with Crippen LogP contribution < -0.4 is 11.1 Å². The first kappa shape index (κ1) is 14.7. The second kappa shape index (κ2) is 7.96. The molecule has 2 atom stereocenters. The summed E-state index contributed by atoms with van der Waals surface area (Å²) in [6.07, 6.45) is 2.15. The highest BCUT2D eigenvalue weighted by molar-refractivity contribution is 7.98. The van der Waals surface area contributed by atoms with E-state index in [1.54, 1.807) is 11.8 Å². The molecule has 0 aliphatic rings. The number of rotatable bonds is 7. The van der Waals surface area contributed by atoms with Crippen molar-refractivity contribution in [3.05, 3.63) is 0 Å². The summed E-state index contributed by atoms with van der Waals surface area (Å²) < 4.78 is 0. The van der Waals surface area contributed by atoms with Crippen molar-refractivity contribution in [3.63, 3.8) is 0 Å². The monoisotopic (exact) mass is 234 g/mol. The zero-order chi connectivity index (χ0) is 11.8. The molecule has 0 bridgehead atoms. The number of carbonyl (C=O) groups excluding carboxylic acids is 1. The van der Waals surface area contributed by atoms with E-state index in [1.807, 2.05) is 20.1 Å².